The van der Waals surface area contributed by atoms with Gasteiger partial charge in [0.15, 0.2) is 0 Å². The predicted molar refractivity (Wildman–Crippen MR) is 60.8 cm³/mol. The van der Waals surface area contributed by atoms with Gasteiger partial charge in [0.05, 0.1) is 5.92 Å². The van der Waals surface area contributed by atoms with Crippen LogP contribution in [0.4, 0.5) is 13.2 Å². The van der Waals surface area contributed by atoms with E-state index < -0.39 is 18.6 Å². The largest absolute Gasteiger partial charge is 0.397 e. The van der Waals surface area contributed by atoms with Gasteiger partial charge in [-0.1, -0.05) is 18.2 Å². The lowest BCUT2D eigenvalue weighted by Crippen LogP contribution is -2.27. The van der Waals surface area contributed by atoms with Crippen molar-refractivity contribution in [2.75, 3.05) is 6.54 Å². The maximum absolute atomic E-state index is 12.9. The van der Waals surface area contributed by atoms with Crippen LogP contribution in [-0.2, 0) is 7.05 Å². The zero-order valence-corrected chi connectivity index (χ0v) is 9.33. The first-order valence-corrected chi connectivity index (χ1v) is 5.26. The number of aryl methyl sites for hydroxylation is 1. The van der Waals surface area contributed by atoms with Crippen LogP contribution in [0.2, 0.25) is 0 Å². The molecule has 2 rings (SSSR count). The third-order valence-electron chi connectivity index (χ3n) is 2.93. The standard InChI is InChI=1S/C12H13F3N2/c1-17-7-9(10(6-16)12(13,14)15)8-4-2-3-5-11(8)17/h2-5,7,10H,6,16H2,1H3. The van der Waals surface area contributed by atoms with E-state index >= 15 is 0 Å². The van der Waals surface area contributed by atoms with Crippen LogP contribution in [0.1, 0.15) is 11.5 Å². The van der Waals surface area contributed by atoms with Gasteiger partial charge in [-0.25, -0.2) is 0 Å². The topological polar surface area (TPSA) is 30.9 Å². The molecule has 0 aliphatic rings. The zero-order valence-electron chi connectivity index (χ0n) is 9.33. The van der Waals surface area contributed by atoms with Crippen LogP contribution < -0.4 is 5.73 Å². The van der Waals surface area contributed by atoms with Gasteiger partial charge in [-0.3, -0.25) is 0 Å². The zero-order chi connectivity index (χ0) is 12.6. The van der Waals surface area contributed by atoms with Crippen molar-refractivity contribution in [2.24, 2.45) is 12.8 Å². The fourth-order valence-corrected chi connectivity index (χ4v) is 2.09. The minimum Gasteiger partial charge on any atom is -0.350 e. The van der Waals surface area contributed by atoms with E-state index in [9.17, 15) is 13.2 Å². The number of alkyl halides is 3. The van der Waals surface area contributed by atoms with Gasteiger partial charge >= 0.3 is 6.18 Å². The van der Waals surface area contributed by atoms with Crippen molar-refractivity contribution >= 4 is 10.9 Å². The normalized spacial score (nSPS) is 14.2. The Morgan fingerprint density at radius 1 is 1.29 bits per heavy atom. The second kappa shape index (κ2) is 4.07. The van der Waals surface area contributed by atoms with Crippen molar-refractivity contribution in [1.29, 1.82) is 0 Å². The molecule has 0 spiro atoms. The molecule has 0 radical (unpaired) electrons. The van der Waals surface area contributed by atoms with Crippen LogP contribution in [-0.4, -0.2) is 17.3 Å². The Bertz CT molecular complexity index is 528. The molecule has 0 aliphatic heterocycles. The summed E-state index contributed by atoms with van der Waals surface area (Å²) in [4.78, 5) is 0. The van der Waals surface area contributed by atoms with Crippen molar-refractivity contribution in [3.8, 4) is 0 Å². The summed E-state index contributed by atoms with van der Waals surface area (Å²) in [7, 11) is 1.73. The van der Waals surface area contributed by atoms with E-state index in [4.69, 9.17) is 5.73 Å². The molecule has 1 unspecified atom stereocenters. The summed E-state index contributed by atoms with van der Waals surface area (Å²) in [6, 6.07) is 7.02. The Balaban J connectivity index is 2.62. The van der Waals surface area contributed by atoms with Crippen LogP contribution in [0.15, 0.2) is 30.5 Å². The fourth-order valence-electron chi connectivity index (χ4n) is 2.09. The SMILES string of the molecule is Cn1cc(C(CN)C(F)(F)F)c2ccccc21. The first-order valence-electron chi connectivity index (χ1n) is 5.26. The average Bonchev–Trinajstić information content (AvgIpc) is 2.56. The average molecular weight is 242 g/mol. The maximum atomic E-state index is 12.9. The van der Waals surface area contributed by atoms with Gasteiger partial charge in [0, 0.05) is 30.7 Å². The lowest BCUT2D eigenvalue weighted by molar-refractivity contribution is -0.147. The molecular weight excluding hydrogens is 229 g/mol. The van der Waals surface area contributed by atoms with Crippen molar-refractivity contribution in [3.05, 3.63) is 36.0 Å². The maximum Gasteiger partial charge on any atom is 0.397 e. The number of hydrogen-bond donors (Lipinski definition) is 1. The summed E-state index contributed by atoms with van der Waals surface area (Å²) in [6.07, 6.45) is -2.80. The molecule has 0 aliphatic carbocycles. The van der Waals surface area contributed by atoms with Gasteiger partial charge in [-0.05, 0) is 11.6 Å². The van der Waals surface area contributed by atoms with Crippen molar-refractivity contribution in [2.45, 2.75) is 12.1 Å². The molecule has 0 bridgehead atoms. The summed E-state index contributed by atoms with van der Waals surface area (Å²) in [5.41, 5.74) is 6.29. The lowest BCUT2D eigenvalue weighted by atomic mass is 9.98. The number of rotatable bonds is 2. The monoisotopic (exact) mass is 242 g/mol. The van der Waals surface area contributed by atoms with E-state index in [2.05, 4.69) is 0 Å². The second-order valence-corrected chi connectivity index (χ2v) is 4.04. The number of hydrogen-bond acceptors (Lipinski definition) is 1. The Morgan fingerprint density at radius 3 is 2.53 bits per heavy atom. The van der Waals surface area contributed by atoms with Crippen LogP contribution in [0.3, 0.4) is 0 Å². The Hall–Kier alpha value is -1.49. The van der Waals surface area contributed by atoms with Crippen molar-refractivity contribution < 1.29 is 13.2 Å². The number of fused-ring (bicyclic) bond motifs is 1. The van der Waals surface area contributed by atoms with Gasteiger partial charge in [0.2, 0.25) is 0 Å². The van der Waals surface area contributed by atoms with Crippen molar-refractivity contribution in [3.63, 3.8) is 0 Å². The molecule has 0 fully saturated rings. The summed E-state index contributed by atoms with van der Waals surface area (Å²) in [5.74, 6) is -1.60. The van der Waals surface area contributed by atoms with Crippen molar-refractivity contribution in [1.82, 2.24) is 4.57 Å². The minimum absolute atomic E-state index is 0.248. The van der Waals surface area contributed by atoms with E-state index in [1.54, 1.807) is 35.9 Å². The third-order valence-corrected chi connectivity index (χ3v) is 2.93. The summed E-state index contributed by atoms with van der Waals surface area (Å²) < 4.78 is 40.3. The van der Waals surface area contributed by atoms with Gasteiger partial charge in [-0.15, -0.1) is 0 Å². The smallest absolute Gasteiger partial charge is 0.350 e. The molecular formula is C12H13F3N2. The highest BCUT2D eigenvalue weighted by Crippen LogP contribution is 2.37. The number of para-hydroxylation sites is 1. The van der Waals surface area contributed by atoms with Crippen LogP contribution >= 0.6 is 0 Å². The van der Waals surface area contributed by atoms with E-state index in [1.165, 1.54) is 6.20 Å². The number of nitrogens with two attached hydrogens (primary N) is 1. The van der Waals surface area contributed by atoms with E-state index in [1.807, 2.05) is 0 Å². The molecule has 2 N–H and O–H groups in total. The van der Waals surface area contributed by atoms with Crippen LogP contribution in [0, 0.1) is 0 Å². The highest BCUT2D eigenvalue weighted by atomic mass is 19.4. The quantitative estimate of drug-likeness (QED) is 0.862. The van der Waals surface area contributed by atoms with E-state index in [-0.39, 0.29) is 5.56 Å². The van der Waals surface area contributed by atoms with Crippen LogP contribution in [0.25, 0.3) is 10.9 Å². The number of halogens is 3. The Morgan fingerprint density at radius 2 is 1.94 bits per heavy atom. The summed E-state index contributed by atoms with van der Waals surface area (Å²) >= 11 is 0. The highest BCUT2D eigenvalue weighted by Gasteiger charge is 2.41. The number of nitrogens with zero attached hydrogens (tertiary/aromatic N) is 1. The number of benzene rings is 1. The Labute approximate surface area is 96.8 Å². The van der Waals surface area contributed by atoms with E-state index in [0.717, 1.165) is 5.52 Å². The molecule has 5 heteroatoms. The molecule has 0 saturated heterocycles. The summed E-state index contributed by atoms with van der Waals surface area (Å²) in [6.45, 7) is -0.433. The predicted octanol–water partition coefficient (Wildman–Crippen LogP) is 2.78. The minimum atomic E-state index is -4.31. The molecule has 2 aromatic rings. The molecule has 1 aromatic carbocycles. The third kappa shape index (κ3) is 2.02. The molecule has 0 amide bonds. The van der Waals surface area contributed by atoms with Gasteiger partial charge < -0.3 is 10.3 Å². The first kappa shape index (κ1) is 12.0. The number of aromatic nitrogens is 1. The highest BCUT2D eigenvalue weighted by molar-refractivity contribution is 5.84. The summed E-state index contributed by atoms with van der Waals surface area (Å²) in [5, 5.41) is 0.614. The van der Waals surface area contributed by atoms with Gasteiger partial charge in [0.25, 0.3) is 0 Å². The second-order valence-electron chi connectivity index (χ2n) is 4.04. The molecule has 17 heavy (non-hydrogen) atoms. The molecule has 92 valence electrons. The van der Waals surface area contributed by atoms with Crippen LogP contribution in [0.5, 0.6) is 0 Å². The molecule has 0 saturated carbocycles. The lowest BCUT2D eigenvalue weighted by Gasteiger charge is -2.17. The molecule has 1 aromatic heterocycles. The molecule has 1 atom stereocenters. The Kier molecular flexibility index (Phi) is 2.87. The van der Waals surface area contributed by atoms with Gasteiger partial charge in [0.1, 0.15) is 0 Å². The van der Waals surface area contributed by atoms with Gasteiger partial charge in [-0.2, -0.15) is 13.2 Å². The molecule has 1 heterocycles. The fraction of sp³-hybridized carbons (Fsp3) is 0.333. The molecule has 2 nitrogen and oxygen atoms in total. The van der Waals surface area contributed by atoms with E-state index in [0.29, 0.717) is 5.39 Å². The first-order chi connectivity index (χ1) is 7.95.